The summed E-state index contributed by atoms with van der Waals surface area (Å²) in [5, 5.41) is 15.9. The van der Waals surface area contributed by atoms with Crippen molar-refractivity contribution in [3.63, 3.8) is 0 Å². The molecule has 0 saturated heterocycles. The molecule has 1 amide bonds. The molecule has 2 rings (SSSR count). The van der Waals surface area contributed by atoms with Gasteiger partial charge in [-0.1, -0.05) is 6.07 Å². The van der Waals surface area contributed by atoms with E-state index in [4.69, 9.17) is 5.26 Å². The Labute approximate surface area is 125 Å². The Morgan fingerprint density at radius 1 is 1.50 bits per heavy atom. The molecule has 0 aliphatic rings. The molecule has 2 aromatic rings. The highest BCUT2D eigenvalue weighted by molar-refractivity contribution is 9.10. The van der Waals surface area contributed by atoms with Gasteiger partial charge in [-0.05, 0) is 48.0 Å². The van der Waals surface area contributed by atoms with E-state index in [0.29, 0.717) is 11.3 Å². The predicted octanol–water partition coefficient (Wildman–Crippen LogP) is 2.77. The molecule has 0 aliphatic heterocycles. The fourth-order valence-corrected chi connectivity index (χ4v) is 2.12. The van der Waals surface area contributed by atoms with E-state index in [1.54, 1.807) is 28.9 Å². The van der Waals surface area contributed by atoms with Crippen LogP contribution in [0.2, 0.25) is 0 Å². The number of nitrogens with zero attached hydrogens (tertiary/aromatic N) is 3. The number of amides is 1. The number of benzene rings is 1. The van der Waals surface area contributed by atoms with Crippen LogP contribution >= 0.6 is 15.9 Å². The molecule has 1 aromatic carbocycles. The molecule has 1 heterocycles. The van der Waals surface area contributed by atoms with Crippen LogP contribution in [0.4, 0.5) is 5.69 Å². The van der Waals surface area contributed by atoms with E-state index >= 15 is 0 Å². The van der Waals surface area contributed by atoms with Crippen LogP contribution in [0.15, 0.2) is 28.7 Å². The molecule has 0 aliphatic carbocycles. The molecular formula is C14H13BrN4O. The van der Waals surface area contributed by atoms with Crippen molar-refractivity contribution in [2.24, 2.45) is 0 Å². The normalized spacial score (nSPS) is 10.1. The highest BCUT2D eigenvalue weighted by Crippen LogP contribution is 2.19. The first-order valence-corrected chi connectivity index (χ1v) is 6.80. The lowest BCUT2D eigenvalue weighted by molar-refractivity contribution is -0.116. The lowest BCUT2D eigenvalue weighted by atomic mass is 10.2. The smallest absolute Gasteiger partial charge is 0.246 e. The number of nitrogens with one attached hydrogen (secondary N) is 1. The molecule has 20 heavy (non-hydrogen) atoms. The Bertz CT molecular complexity index is 700. The van der Waals surface area contributed by atoms with Crippen molar-refractivity contribution in [3.8, 4) is 6.07 Å². The third-order valence-corrected chi connectivity index (χ3v) is 4.01. The number of aromatic nitrogens is 2. The first kappa shape index (κ1) is 14.3. The van der Waals surface area contributed by atoms with Gasteiger partial charge in [-0.3, -0.25) is 9.48 Å². The fourth-order valence-electron chi connectivity index (χ4n) is 1.83. The number of anilines is 1. The van der Waals surface area contributed by atoms with Crippen molar-refractivity contribution in [1.82, 2.24) is 9.78 Å². The zero-order valence-corrected chi connectivity index (χ0v) is 12.7. The van der Waals surface area contributed by atoms with Crippen LogP contribution in [0.5, 0.6) is 0 Å². The highest BCUT2D eigenvalue weighted by Gasteiger charge is 2.12. The van der Waals surface area contributed by atoms with Gasteiger partial charge in [0, 0.05) is 5.69 Å². The summed E-state index contributed by atoms with van der Waals surface area (Å²) in [6.45, 7) is 3.91. The van der Waals surface area contributed by atoms with Crippen LogP contribution in [0, 0.1) is 25.2 Å². The highest BCUT2D eigenvalue weighted by atomic mass is 79.9. The molecule has 102 valence electrons. The van der Waals surface area contributed by atoms with Gasteiger partial charge in [-0.2, -0.15) is 10.4 Å². The molecule has 0 saturated carbocycles. The number of rotatable bonds is 3. The summed E-state index contributed by atoms with van der Waals surface area (Å²) in [4.78, 5) is 12.0. The molecule has 0 bridgehead atoms. The molecular weight excluding hydrogens is 320 g/mol. The predicted molar refractivity (Wildman–Crippen MR) is 79.2 cm³/mol. The number of carbonyl (C=O) groups excluding carboxylic acids is 1. The number of carbonyl (C=O) groups is 1. The summed E-state index contributed by atoms with van der Waals surface area (Å²) in [7, 11) is 0. The van der Waals surface area contributed by atoms with Gasteiger partial charge in [0.1, 0.15) is 6.54 Å². The van der Waals surface area contributed by atoms with Gasteiger partial charge >= 0.3 is 0 Å². The zero-order chi connectivity index (χ0) is 14.7. The van der Waals surface area contributed by atoms with Crippen molar-refractivity contribution in [2.45, 2.75) is 20.4 Å². The Balaban J connectivity index is 2.09. The van der Waals surface area contributed by atoms with Crippen LogP contribution in [0.25, 0.3) is 0 Å². The molecule has 1 aromatic heterocycles. The second kappa shape index (κ2) is 5.88. The number of hydrogen-bond donors (Lipinski definition) is 1. The van der Waals surface area contributed by atoms with Crippen LogP contribution < -0.4 is 5.32 Å². The Morgan fingerprint density at radius 2 is 2.25 bits per heavy atom. The minimum Gasteiger partial charge on any atom is -0.324 e. The largest absolute Gasteiger partial charge is 0.324 e. The Kier molecular flexibility index (Phi) is 4.20. The second-order valence-electron chi connectivity index (χ2n) is 4.38. The summed E-state index contributed by atoms with van der Waals surface area (Å²) < 4.78 is 2.56. The van der Waals surface area contributed by atoms with E-state index in [9.17, 15) is 4.79 Å². The average molecular weight is 333 g/mol. The van der Waals surface area contributed by atoms with Gasteiger partial charge in [0.05, 0.1) is 27.5 Å². The summed E-state index contributed by atoms with van der Waals surface area (Å²) in [5.41, 5.74) is 2.87. The van der Waals surface area contributed by atoms with E-state index < -0.39 is 0 Å². The summed E-state index contributed by atoms with van der Waals surface area (Å²) >= 11 is 3.42. The first-order chi connectivity index (χ1) is 9.51. The average Bonchev–Trinajstić information content (AvgIpc) is 2.66. The Morgan fingerprint density at radius 3 is 2.85 bits per heavy atom. The van der Waals surface area contributed by atoms with Crippen LogP contribution in [0.1, 0.15) is 17.0 Å². The van der Waals surface area contributed by atoms with E-state index in [2.05, 4.69) is 26.3 Å². The third kappa shape index (κ3) is 3.06. The van der Waals surface area contributed by atoms with Crippen molar-refractivity contribution < 1.29 is 4.79 Å². The number of hydrogen-bond acceptors (Lipinski definition) is 3. The molecule has 5 nitrogen and oxygen atoms in total. The molecule has 0 fully saturated rings. The van der Waals surface area contributed by atoms with E-state index in [0.717, 1.165) is 15.9 Å². The van der Waals surface area contributed by atoms with Crippen molar-refractivity contribution in [1.29, 1.82) is 5.26 Å². The maximum atomic E-state index is 12.0. The molecule has 0 spiro atoms. The van der Waals surface area contributed by atoms with Crippen molar-refractivity contribution >= 4 is 27.5 Å². The molecule has 1 N–H and O–H groups in total. The summed E-state index contributed by atoms with van der Waals surface area (Å²) in [6, 6.07) is 8.83. The quantitative estimate of drug-likeness (QED) is 0.939. The van der Waals surface area contributed by atoms with Gasteiger partial charge in [0.15, 0.2) is 0 Å². The molecule has 0 atom stereocenters. The third-order valence-electron chi connectivity index (χ3n) is 2.86. The number of nitriles is 1. The Hall–Kier alpha value is -2.13. The number of halogens is 1. The van der Waals surface area contributed by atoms with E-state index in [1.807, 2.05) is 19.9 Å². The minimum atomic E-state index is -0.182. The van der Waals surface area contributed by atoms with Crippen molar-refractivity contribution in [2.75, 3.05) is 5.32 Å². The van der Waals surface area contributed by atoms with Gasteiger partial charge in [0.2, 0.25) is 5.91 Å². The topological polar surface area (TPSA) is 70.7 Å². The second-order valence-corrected chi connectivity index (χ2v) is 5.18. The summed E-state index contributed by atoms with van der Waals surface area (Å²) in [6.07, 6.45) is 0. The molecule has 6 heteroatoms. The lowest BCUT2D eigenvalue weighted by Crippen LogP contribution is -2.20. The maximum absolute atomic E-state index is 12.0. The number of aryl methyl sites for hydroxylation is 1. The van der Waals surface area contributed by atoms with Gasteiger partial charge in [0.25, 0.3) is 0 Å². The maximum Gasteiger partial charge on any atom is 0.246 e. The van der Waals surface area contributed by atoms with Gasteiger partial charge in [-0.15, -0.1) is 0 Å². The van der Waals surface area contributed by atoms with Crippen LogP contribution in [-0.4, -0.2) is 15.7 Å². The minimum absolute atomic E-state index is 0.134. The monoisotopic (exact) mass is 332 g/mol. The van der Waals surface area contributed by atoms with E-state index in [1.165, 1.54) is 0 Å². The van der Waals surface area contributed by atoms with Crippen molar-refractivity contribution in [3.05, 3.63) is 45.7 Å². The van der Waals surface area contributed by atoms with Gasteiger partial charge in [-0.25, -0.2) is 0 Å². The lowest BCUT2D eigenvalue weighted by Gasteiger charge is -2.07. The summed E-state index contributed by atoms with van der Waals surface area (Å²) in [5.74, 6) is -0.182. The SMILES string of the molecule is Cc1nn(CC(=O)Nc2cccc(C#N)c2)c(C)c1Br. The standard InChI is InChI=1S/C14H13BrN4O/c1-9-14(15)10(2)19(18-9)8-13(20)17-12-5-3-4-11(6-12)7-16/h3-6H,8H2,1-2H3,(H,17,20). The van der Waals surface area contributed by atoms with Crippen LogP contribution in [0.3, 0.4) is 0 Å². The van der Waals surface area contributed by atoms with Gasteiger partial charge < -0.3 is 5.32 Å². The first-order valence-electron chi connectivity index (χ1n) is 6.01. The fraction of sp³-hybridized carbons (Fsp3) is 0.214. The zero-order valence-electron chi connectivity index (χ0n) is 11.1. The van der Waals surface area contributed by atoms with Crippen LogP contribution in [-0.2, 0) is 11.3 Å². The van der Waals surface area contributed by atoms with E-state index in [-0.39, 0.29) is 12.5 Å². The molecule has 0 radical (unpaired) electrons. The molecule has 0 unspecified atom stereocenters.